The van der Waals surface area contributed by atoms with E-state index in [9.17, 15) is 5.11 Å². The number of nitriles is 1. The predicted octanol–water partition coefficient (Wildman–Crippen LogP) is 3.69. The Morgan fingerprint density at radius 3 is 2.25 bits per heavy atom. The maximum absolute atomic E-state index is 9.47. The fourth-order valence-electron chi connectivity index (χ4n) is 1.48. The zero-order valence-corrected chi connectivity index (χ0v) is 9.90. The lowest BCUT2D eigenvalue weighted by atomic mass is 10.0. The molecule has 2 rings (SSSR count). The van der Waals surface area contributed by atoms with E-state index in [1.165, 1.54) is 0 Å². The van der Waals surface area contributed by atoms with Crippen molar-refractivity contribution in [1.29, 1.82) is 5.26 Å². The van der Waals surface area contributed by atoms with Gasteiger partial charge >= 0.3 is 0 Å². The van der Waals surface area contributed by atoms with Gasteiger partial charge in [-0.3, -0.25) is 0 Å². The predicted molar refractivity (Wildman–Crippen MR) is 66.0 cm³/mol. The molecular weight excluding hydrogens is 266 g/mol. The Balaban J connectivity index is 2.47. The topological polar surface area (TPSA) is 44.0 Å². The van der Waals surface area contributed by atoms with Crippen molar-refractivity contribution in [3.05, 3.63) is 52.5 Å². The molecule has 3 heteroatoms. The monoisotopic (exact) mass is 273 g/mol. The van der Waals surface area contributed by atoms with E-state index in [0.717, 1.165) is 15.6 Å². The first-order valence-corrected chi connectivity index (χ1v) is 5.48. The van der Waals surface area contributed by atoms with Crippen LogP contribution < -0.4 is 0 Å². The van der Waals surface area contributed by atoms with Crippen molar-refractivity contribution in [1.82, 2.24) is 0 Å². The minimum absolute atomic E-state index is 0.216. The van der Waals surface area contributed by atoms with E-state index in [1.807, 2.05) is 18.2 Å². The molecule has 0 spiro atoms. The van der Waals surface area contributed by atoms with Gasteiger partial charge in [-0.1, -0.05) is 28.1 Å². The van der Waals surface area contributed by atoms with Crippen LogP contribution in [0, 0.1) is 11.3 Å². The van der Waals surface area contributed by atoms with Crippen molar-refractivity contribution in [2.45, 2.75) is 0 Å². The van der Waals surface area contributed by atoms with Crippen LogP contribution in [0.25, 0.3) is 11.1 Å². The van der Waals surface area contributed by atoms with Gasteiger partial charge in [0.2, 0.25) is 0 Å². The van der Waals surface area contributed by atoms with E-state index in [4.69, 9.17) is 5.26 Å². The smallest absolute Gasteiger partial charge is 0.117 e. The van der Waals surface area contributed by atoms with Gasteiger partial charge < -0.3 is 5.11 Å². The van der Waals surface area contributed by atoms with Gasteiger partial charge in [0.05, 0.1) is 11.6 Å². The standard InChI is InChI=1S/C13H8BrNO/c14-12-5-11(6-13(16)7-12)10-3-1-9(8-15)2-4-10/h1-7,16H. The van der Waals surface area contributed by atoms with Gasteiger partial charge in [0.15, 0.2) is 0 Å². The van der Waals surface area contributed by atoms with Gasteiger partial charge in [-0.05, 0) is 41.5 Å². The van der Waals surface area contributed by atoms with Gasteiger partial charge in [0.25, 0.3) is 0 Å². The minimum atomic E-state index is 0.216. The first-order valence-electron chi connectivity index (χ1n) is 4.69. The highest BCUT2D eigenvalue weighted by Gasteiger charge is 2.01. The Kier molecular flexibility index (Phi) is 2.93. The van der Waals surface area contributed by atoms with Crippen molar-refractivity contribution < 1.29 is 5.11 Å². The van der Waals surface area contributed by atoms with Crippen molar-refractivity contribution in [3.8, 4) is 22.9 Å². The van der Waals surface area contributed by atoms with E-state index < -0.39 is 0 Å². The zero-order chi connectivity index (χ0) is 11.5. The highest BCUT2D eigenvalue weighted by molar-refractivity contribution is 9.10. The SMILES string of the molecule is N#Cc1ccc(-c2cc(O)cc(Br)c2)cc1. The maximum Gasteiger partial charge on any atom is 0.117 e. The van der Waals surface area contributed by atoms with Gasteiger partial charge in [0, 0.05) is 4.47 Å². The number of phenolic OH excluding ortho intramolecular Hbond substituents is 1. The first-order chi connectivity index (χ1) is 7.69. The average Bonchev–Trinajstić information content (AvgIpc) is 2.28. The molecule has 16 heavy (non-hydrogen) atoms. The second-order valence-electron chi connectivity index (χ2n) is 3.39. The van der Waals surface area contributed by atoms with Crippen LogP contribution in [0.1, 0.15) is 5.56 Å². The van der Waals surface area contributed by atoms with Crippen molar-refractivity contribution >= 4 is 15.9 Å². The molecule has 0 saturated carbocycles. The molecule has 0 bridgehead atoms. The minimum Gasteiger partial charge on any atom is -0.508 e. The molecule has 2 nitrogen and oxygen atoms in total. The average molecular weight is 274 g/mol. The van der Waals surface area contributed by atoms with Crippen LogP contribution >= 0.6 is 15.9 Å². The number of phenols is 1. The lowest BCUT2D eigenvalue weighted by Crippen LogP contribution is -1.79. The fourth-order valence-corrected chi connectivity index (χ4v) is 1.96. The fraction of sp³-hybridized carbons (Fsp3) is 0. The third-order valence-corrected chi connectivity index (χ3v) is 2.69. The molecule has 0 aliphatic rings. The second kappa shape index (κ2) is 4.38. The molecule has 2 aromatic carbocycles. The summed E-state index contributed by atoms with van der Waals surface area (Å²) in [7, 11) is 0. The lowest BCUT2D eigenvalue weighted by Gasteiger charge is -2.03. The van der Waals surface area contributed by atoms with Gasteiger partial charge in [-0.25, -0.2) is 0 Å². The van der Waals surface area contributed by atoms with Crippen LogP contribution in [0.3, 0.4) is 0 Å². The molecule has 0 unspecified atom stereocenters. The Morgan fingerprint density at radius 1 is 1.00 bits per heavy atom. The van der Waals surface area contributed by atoms with Gasteiger partial charge in [0.1, 0.15) is 5.75 Å². The summed E-state index contributed by atoms with van der Waals surface area (Å²) in [5, 5.41) is 18.2. The molecule has 0 fully saturated rings. The highest BCUT2D eigenvalue weighted by Crippen LogP contribution is 2.28. The summed E-state index contributed by atoms with van der Waals surface area (Å²) in [5.74, 6) is 0.216. The van der Waals surface area contributed by atoms with Crippen molar-refractivity contribution in [3.63, 3.8) is 0 Å². The van der Waals surface area contributed by atoms with Crippen LogP contribution in [0.5, 0.6) is 5.75 Å². The number of nitrogens with zero attached hydrogens (tertiary/aromatic N) is 1. The third-order valence-electron chi connectivity index (χ3n) is 2.23. The quantitative estimate of drug-likeness (QED) is 0.861. The van der Waals surface area contributed by atoms with E-state index >= 15 is 0 Å². The summed E-state index contributed by atoms with van der Waals surface area (Å²) < 4.78 is 0.826. The molecule has 0 amide bonds. The van der Waals surface area contributed by atoms with E-state index in [0.29, 0.717) is 5.56 Å². The van der Waals surface area contributed by atoms with E-state index in [1.54, 1.807) is 24.3 Å². The summed E-state index contributed by atoms with van der Waals surface area (Å²) in [6, 6.07) is 14.5. The molecule has 0 aromatic heterocycles. The number of aromatic hydroxyl groups is 1. The zero-order valence-electron chi connectivity index (χ0n) is 8.31. The molecule has 0 saturated heterocycles. The Labute approximate surface area is 102 Å². The summed E-state index contributed by atoms with van der Waals surface area (Å²) in [6.45, 7) is 0. The van der Waals surface area contributed by atoms with E-state index in [-0.39, 0.29) is 5.75 Å². The van der Waals surface area contributed by atoms with Crippen LogP contribution in [0.4, 0.5) is 0 Å². The number of hydrogen-bond donors (Lipinski definition) is 1. The van der Waals surface area contributed by atoms with Crippen LogP contribution in [0.2, 0.25) is 0 Å². The molecule has 2 aromatic rings. The number of rotatable bonds is 1. The largest absolute Gasteiger partial charge is 0.508 e. The number of benzene rings is 2. The first kappa shape index (κ1) is 10.7. The summed E-state index contributed by atoms with van der Waals surface area (Å²) in [5.41, 5.74) is 2.51. The molecule has 0 atom stereocenters. The Hall–Kier alpha value is -1.79. The molecule has 0 heterocycles. The van der Waals surface area contributed by atoms with E-state index in [2.05, 4.69) is 22.0 Å². The summed E-state index contributed by atoms with van der Waals surface area (Å²) >= 11 is 3.33. The van der Waals surface area contributed by atoms with Crippen LogP contribution in [-0.2, 0) is 0 Å². The Bertz CT molecular complexity index is 535. The van der Waals surface area contributed by atoms with Crippen molar-refractivity contribution in [2.75, 3.05) is 0 Å². The molecule has 1 N–H and O–H groups in total. The number of halogens is 1. The van der Waals surface area contributed by atoms with Crippen LogP contribution in [-0.4, -0.2) is 5.11 Å². The Morgan fingerprint density at radius 2 is 1.69 bits per heavy atom. The lowest BCUT2D eigenvalue weighted by molar-refractivity contribution is 0.475. The summed E-state index contributed by atoms with van der Waals surface area (Å²) in [6.07, 6.45) is 0. The second-order valence-corrected chi connectivity index (χ2v) is 4.30. The third kappa shape index (κ3) is 2.23. The molecular formula is C13H8BrNO. The normalized spacial score (nSPS) is 9.75. The number of hydrogen-bond acceptors (Lipinski definition) is 2. The molecule has 0 aliphatic heterocycles. The maximum atomic E-state index is 9.47. The molecule has 78 valence electrons. The summed E-state index contributed by atoms with van der Waals surface area (Å²) in [4.78, 5) is 0. The van der Waals surface area contributed by atoms with Crippen molar-refractivity contribution in [2.24, 2.45) is 0 Å². The van der Waals surface area contributed by atoms with Gasteiger partial charge in [-0.15, -0.1) is 0 Å². The highest BCUT2D eigenvalue weighted by atomic mass is 79.9. The van der Waals surface area contributed by atoms with Crippen LogP contribution in [0.15, 0.2) is 46.9 Å². The van der Waals surface area contributed by atoms with Gasteiger partial charge in [-0.2, -0.15) is 5.26 Å². The molecule has 0 radical (unpaired) electrons. The molecule has 0 aliphatic carbocycles.